The number of nitrogens with zero attached hydrogens (tertiary/aromatic N) is 1. The number of amides is 1. The zero-order valence-electron chi connectivity index (χ0n) is 11.1. The van der Waals surface area contributed by atoms with E-state index in [-0.39, 0.29) is 5.91 Å². The molecule has 104 valence electrons. The Labute approximate surface area is 112 Å². The average Bonchev–Trinajstić information content (AvgIpc) is 2.47. The van der Waals surface area contributed by atoms with Crippen LogP contribution in [0.2, 0.25) is 0 Å². The molecular formula is C13H18N2O4. The zero-order chi connectivity index (χ0) is 13.7. The van der Waals surface area contributed by atoms with Gasteiger partial charge in [-0.3, -0.25) is 10.2 Å². The molecule has 6 nitrogen and oxygen atoms in total. The number of benzene rings is 1. The molecule has 0 atom stereocenters. The van der Waals surface area contributed by atoms with E-state index < -0.39 is 0 Å². The number of hydrazine groups is 1. The lowest BCUT2D eigenvalue weighted by atomic mass is 10.1. The second kappa shape index (κ2) is 6.40. The van der Waals surface area contributed by atoms with E-state index in [0.717, 1.165) is 0 Å². The summed E-state index contributed by atoms with van der Waals surface area (Å²) < 4.78 is 15.7. The molecular weight excluding hydrogens is 248 g/mol. The Bertz CT molecular complexity index is 444. The van der Waals surface area contributed by atoms with Crippen LogP contribution in [-0.2, 0) is 4.74 Å². The van der Waals surface area contributed by atoms with Crippen molar-refractivity contribution in [2.24, 2.45) is 0 Å². The molecule has 1 heterocycles. The van der Waals surface area contributed by atoms with E-state index in [1.807, 2.05) is 5.01 Å². The van der Waals surface area contributed by atoms with Gasteiger partial charge < -0.3 is 14.2 Å². The standard InChI is InChI=1S/C13H18N2O4/c1-17-11-5-3-4-10(12(11)18-2)13(16)14-15-6-8-19-9-7-15/h3-5H,6-9H2,1-2H3,(H,14,16). The van der Waals surface area contributed by atoms with Gasteiger partial charge in [0.15, 0.2) is 11.5 Å². The van der Waals surface area contributed by atoms with Gasteiger partial charge >= 0.3 is 0 Å². The van der Waals surface area contributed by atoms with Crippen molar-refractivity contribution in [1.82, 2.24) is 10.4 Å². The molecule has 1 N–H and O–H groups in total. The first-order valence-electron chi connectivity index (χ1n) is 6.11. The quantitative estimate of drug-likeness (QED) is 0.868. The molecule has 1 saturated heterocycles. The van der Waals surface area contributed by atoms with E-state index in [1.54, 1.807) is 25.3 Å². The van der Waals surface area contributed by atoms with Gasteiger partial charge in [0.25, 0.3) is 5.91 Å². The maximum absolute atomic E-state index is 12.2. The fraction of sp³-hybridized carbons (Fsp3) is 0.462. The highest BCUT2D eigenvalue weighted by Crippen LogP contribution is 2.30. The van der Waals surface area contributed by atoms with Crippen molar-refractivity contribution in [2.45, 2.75) is 0 Å². The summed E-state index contributed by atoms with van der Waals surface area (Å²) in [7, 11) is 3.06. The van der Waals surface area contributed by atoms with Crippen LogP contribution in [-0.4, -0.2) is 51.4 Å². The first kappa shape index (κ1) is 13.6. The molecule has 1 aliphatic rings. The number of para-hydroxylation sites is 1. The Morgan fingerprint density at radius 1 is 1.26 bits per heavy atom. The monoisotopic (exact) mass is 266 g/mol. The van der Waals surface area contributed by atoms with E-state index in [2.05, 4.69) is 5.43 Å². The minimum Gasteiger partial charge on any atom is -0.493 e. The molecule has 0 spiro atoms. The predicted octanol–water partition coefficient (Wildman–Crippen LogP) is 0.681. The number of carbonyl (C=O) groups is 1. The molecule has 0 bridgehead atoms. The van der Waals surface area contributed by atoms with Crippen LogP contribution in [0.4, 0.5) is 0 Å². The number of ether oxygens (including phenoxy) is 3. The van der Waals surface area contributed by atoms with E-state index in [4.69, 9.17) is 14.2 Å². The van der Waals surface area contributed by atoms with Crippen molar-refractivity contribution in [3.05, 3.63) is 23.8 Å². The summed E-state index contributed by atoms with van der Waals surface area (Å²) in [6.07, 6.45) is 0. The van der Waals surface area contributed by atoms with E-state index >= 15 is 0 Å². The molecule has 1 fully saturated rings. The van der Waals surface area contributed by atoms with E-state index in [9.17, 15) is 4.79 Å². The highest BCUT2D eigenvalue weighted by molar-refractivity contribution is 5.97. The number of nitrogens with one attached hydrogen (secondary N) is 1. The minimum absolute atomic E-state index is 0.211. The fourth-order valence-corrected chi connectivity index (χ4v) is 1.94. The van der Waals surface area contributed by atoms with Crippen LogP contribution in [0.3, 0.4) is 0 Å². The number of hydrogen-bond donors (Lipinski definition) is 1. The summed E-state index contributed by atoms with van der Waals surface area (Å²) in [5, 5.41) is 1.84. The molecule has 0 radical (unpaired) electrons. The summed E-state index contributed by atoms with van der Waals surface area (Å²) in [4.78, 5) is 12.2. The largest absolute Gasteiger partial charge is 0.493 e. The second-order valence-electron chi connectivity index (χ2n) is 4.08. The summed E-state index contributed by atoms with van der Waals surface area (Å²) >= 11 is 0. The Kier molecular flexibility index (Phi) is 4.59. The normalized spacial score (nSPS) is 15.9. The summed E-state index contributed by atoms with van der Waals surface area (Å²) in [6.45, 7) is 2.60. The molecule has 1 aromatic carbocycles. The zero-order valence-corrected chi connectivity index (χ0v) is 11.1. The molecule has 2 rings (SSSR count). The predicted molar refractivity (Wildman–Crippen MR) is 69.4 cm³/mol. The third-order valence-electron chi connectivity index (χ3n) is 2.92. The number of rotatable bonds is 4. The van der Waals surface area contributed by atoms with Crippen molar-refractivity contribution in [3.63, 3.8) is 0 Å². The smallest absolute Gasteiger partial charge is 0.269 e. The molecule has 6 heteroatoms. The third-order valence-corrected chi connectivity index (χ3v) is 2.92. The minimum atomic E-state index is -0.211. The van der Waals surface area contributed by atoms with Crippen molar-refractivity contribution < 1.29 is 19.0 Å². The summed E-state index contributed by atoms with van der Waals surface area (Å²) in [5.41, 5.74) is 3.29. The number of carbonyl (C=O) groups excluding carboxylic acids is 1. The molecule has 0 aliphatic carbocycles. The number of methoxy groups -OCH3 is 2. The number of morpholine rings is 1. The van der Waals surface area contributed by atoms with Gasteiger partial charge in [0.1, 0.15) is 0 Å². The lowest BCUT2D eigenvalue weighted by Gasteiger charge is -2.27. The fourth-order valence-electron chi connectivity index (χ4n) is 1.94. The van der Waals surface area contributed by atoms with Gasteiger partial charge in [0.2, 0.25) is 0 Å². The van der Waals surface area contributed by atoms with Crippen LogP contribution < -0.4 is 14.9 Å². The van der Waals surface area contributed by atoms with Crippen molar-refractivity contribution in [1.29, 1.82) is 0 Å². The Balaban J connectivity index is 2.13. The maximum Gasteiger partial charge on any atom is 0.269 e. The lowest BCUT2D eigenvalue weighted by Crippen LogP contribution is -2.48. The first-order valence-corrected chi connectivity index (χ1v) is 6.11. The molecule has 1 amide bonds. The highest BCUT2D eigenvalue weighted by Gasteiger charge is 2.19. The summed E-state index contributed by atoms with van der Waals surface area (Å²) in [6, 6.07) is 5.22. The summed E-state index contributed by atoms with van der Waals surface area (Å²) in [5.74, 6) is 0.769. The van der Waals surface area contributed by atoms with Crippen LogP contribution in [0.25, 0.3) is 0 Å². The highest BCUT2D eigenvalue weighted by atomic mass is 16.5. The van der Waals surface area contributed by atoms with Crippen LogP contribution in [0.1, 0.15) is 10.4 Å². The van der Waals surface area contributed by atoms with Gasteiger partial charge in [0.05, 0.1) is 33.0 Å². The van der Waals surface area contributed by atoms with Crippen LogP contribution >= 0.6 is 0 Å². The van der Waals surface area contributed by atoms with Gasteiger partial charge in [-0.25, -0.2) is 5.01 Å². The molecule has 1 aromatic rings. The van der Waals surface area contributed by atoms with E-state index in [1.165, 1.54) is 7.11 Å². The molecule has 19 heavy (non-hydrogen) atoms. The third kappa shape index (κ3) is 3.15. The average molecular weight is 266 g/mol. The van der Waals surface area contributed by atoms with Crippen molar-refractivity contribution in [3.8, 4) is 11.5 Å². The Morgan fingerprint density at radius 2 is 2.00 bits per heavy atom. The molecule has 0 saturated carbocycles. The molecule has 1 aliphatic heterocycles. The van der Waals surface area contributed by atoms with Gasteiger partial charge in [-0.1, -0.05) is 6.07 Å². The van der Waals surface area contributed by atoms with Crippen LogP contribution in [0.15, 0.2) is 18.2 Å². The first-order chi connectivity index (χ1) is 9.26. The Hall–Kier alpha value is -1.79. The molecule has 0 unspecified atom stereocenters. The van der Waals surface area contributed by atoms with Gasteiger partial charge in [-0.05, 0) is 12.1 Å². The van der Waals surface area contributed by atoms with Gasteiger partial charge in [0, 0.05) is 13.1 Å². The Morgan fingerprint density at radius 3 is 2.63 bits per heavy atom. The maximum atomic E-state index is 12.2. The lowest BCUT2D eigenvalue weighted by molar-refractivity contribution is 0.0125. The van der Waals surface area contributed by atoms with Gasteiger partial charge in [-0.2, -0.15) is 0 Å². The van der Waals surface area contributed by atoms with Gasteiger partial charge in [-0.15, -0.1) is 0 Å². The van der Waals surface area contributed by atoms with Crippen LogP contribution in [0.5, 0.6) is 11.5 Å². The van der Waals surface area contributed by atoms with Crippen molar-refractivity contribution in [2.75, 3.05) is 40.5 Å². The number of hydrogen-bond acceptors (Lipinski definition) is 5. The molecule has 0 aromatic heterocycles. The van der Waals surface area contributed by atoms with E-state index in [0.29, 0.717) is 43.4 Å². The van der Waals surface area contributed by atoms with Crippen molar-refractivity contribution >= 4 is 5.91 Å². The topological polar surface area (TPSA) is 60.0 Å². The van der Waals surface area contributed by atoms with Crippen LogP contribution in [0, 0.1) is 0 Å². The SMILES string of the molecule is COc1cccc(C(=O)NN2CCOCC2)c1OC. The second-order valence-corrected chi connectivity index (χ2v) is 4.08.